The Hall–Kier alpha value is -2.15. The van der Waals surface area contributed by atoms with Crippen molar-refractivity contribution >= 4 is 5.78 Å². The summed E-state index contributed by atoms with van der Waals surface area (Å²) in [5.74, 6) is 0.854. The summed E-state index contributed by atoms with van der Waals surface area (Å²) in [5, 5.41) is 0. The van der Waals surface area contributed by atoms with Crippen LogP contribution < -0.4 is 0 Å². The second kappa shape index (κ2) is 11.1. The molecular weight excluding hydrogens is 352 g/mol. The molecule has 2 rings (SSSR count). The van der Waals surface area contributed by atoms with Crippen LogP contribution in [-0.2, 0) is 11.2 Å². The molecule has 0 saturated heterocycles. The first-order chi connectivity index (χ1) is 13.9. The van der Waals surface area contributed by atoms with E-state index in [0.717, 1.165) is 37.7 Å². The molecule has 1 heteroatoms. The van der Waals surface area contributed by atoms with Crippen molar-refractivity contribution in [2.24, 2.45) is 11.8 Å². The zero-order chi connectivity index (χ0) is 21.4. The minimum Gasteiger partial charge on any atom is -0.294 e. The summed E-state index contributed by atoms with van der Waals surface area (Å²) in [6.45, 7) is 12.7. The van der Waals surface area contributed by atoms with Crippen LogP contribution in [0.15, 0.2) is 54.1 Å². The molecule has 1 atom stereocenters. The highest BCUT2D eigenvalue weighted by Gasteiger charge is 2.28. The summed E-state index contributed by atoms with van der Waals surface area (Å²) in [6.07, 6.45) is 7.30. The molecule has 0 saturated carbocycles. The van der Waals surface area contributed by atoms with Crippen molar-refractivity contribution < 1.29 is 4.79 Å². The van der Waals surface area contributed by atoms with E-state index in [1.54, 1.807) is 0 Å². The first-order valence-corrected chi connectivity index (χ1v) is 11.2. The number of rotatable bonds is 10. The van der Waals surface area contributed by atoms with Crippen molar-refractivity contribution in [1.29, 1.82) is 0 Å². The first-order valence-electron chi connectivity index (χ1n) is 11.2. The molecule has 0 aliphatic rings. The molecule has 0 aromatic heterocycles. The third-order valence-electron chi connectivity index (χ3n) is 6.13. The number of hydrogen-bond donors (Lipinski definition) is 0. The van der Waals surface area contributed by atoms with Gasteiger partial charge in [0.2, 0.25) is 0 Å². The zero-order valence-electron chi connectivity index (χ0n) is 19.2. The van der Waals surface area contributed by atoms with E-state index in [-0.39, 0.29) is 5.92 Å². The normalized spacial score (nSPS) is 13.0. The van der Waals surface area contributed by atoms with E-state index in [2.05, 4.69) is 70.2 Å². The lowest BCUT2D eigenvalue weighted by Crippen LogP contribution is -2.27. The van der Waals surface area contributed by atoms with Crippen molar-refractivity contribution in [2.75, 3.05) is 0 Å². The topological polar surface area (TPSA) is 17.1 Å². The number of hydrogen-bond acceptors (Lipinski definition) is 1. The first kappa shape index (κ1) is 23.1. The fourth-order valence-electron chi connectivity index (χ4n) is 4.37. The van der Waals surface area contributed by atoms with E-state index in [1.165, 1.54) is 27.8 Å². The highest BCUT2D eigenvalue weighted by molar-refractivity contribution is 5.96. The smallest absolute Gasteiger partial charge is 0.161 e. The largest absolute Gasteiger partial charge is 0.294 e. The molecule has 0 aliphatic carbocycles. The number of benzene rings is 2. The van der Waals surface area contributed by atoms with Crippen LogP contribution in [0.2, 0.25) is 0 Å². The highest BCUT2D eigenvalue weighted by Crippen LogP contribution is 2.32. The maximum atomic E-state index is 13.3. The third kappa shape index (κ3) is 6.16. The van der Waals surface area contributed by atoms with Gasteiger partial charge in [-0.25, -0.2) is 0 Å². The number of allylic oxidation sites excluding steroid dienone is 2. The van der Waals surface area contributed by atoms with Crippen LogP contribution in [0, 0.1) is 25.7 Å². The molecule has 1 nitrogen and oxygen atoms in total. The minimum atomic E-state index is 0.0687. The molecular formula is C28H38O. The quantitative estimate of drug-likeness (QED) is 0.377. The Morgan fingerprint density at radius 1 is 1.00 bits per heavy atom. The van der Waals surface area contributed by atoms with E-state index in [0.29, 0.717) is 11.7 Å². The lowest BCUT2D eigenvalue weighted by molar-refractivity contribution is -0.121. The van der Waals surface area contributed by atoms with Gasteiger partial charge in [-0.3, -0.25) is 4.79 Å². The number of carbonyl (C=O) groups excluding carboxylic acids is 1. The molecule has 0 fully saturated rings. The molecule has 1 unspecified atom stereocenters. The van der Waals surface area contributed by atoms with E-state index in [4.69, 9.17) is 0 Å². The summed E-state index contributed by atoms with van der Waals surface area (Å²) < 4.78 is 0. The monoisotopic (exact) mass is 390 g/mol. The summed E-state index contributed by atoms with van der Waals surface area (Å²) in [4.78, 5) is 13.3. The second-order valence-electron chi connectivity index (χ2n) is 8.50. The molecule has 156 valence electrons. The van der Waals surface area contributed by atoms with Gasteiger partial charge in [0.15, 0.2) is 5.78 Å². The molecule has 0 radical (unpaired) electrons. The van der Waals surface area contributed by atoms with Gasteiger partial charge in [0.1, 0.15) is 0 Å². The van der Waals surface area contributed by atoms with Crippen LogP contribution in [0.5, 0.6) is 0 Å². The molecule has 0 N–H and O–H groups in total. The lowest BCUT2D eigenvalue weighted by atomic mass is 9.77. The van der Waals surface area contributed by atoms with Crippen molar-refractivity contribution in [2.45, 2.75) is 73.6 Å². The van der Waals surface area contributed by atoms with Crippen LogP contribution in [0.1, 0.15) is 70.1 Å². The SMILES string of the molecule is C/C=C(\C)C(=O)C(Cc1ccc(C)c(-c2cccc(C)c2)c1)C(CCC)CCC. The average molecular weight is 391 g/mol. The molecule has 0 amide bonds. The lowest BCUT2D eigenvalue weighted by Gasteiger charge is -2.26. The van der Waals surface area contributed by atoms with E-state index in [1.807, 2.05) is 19.9 Å². The van der Waals surface area contributed by atoms with Gasteiger partial charge in [-0.15, -0.1) is 0 Å². The highest BCUT2D eigenvalue weighted by atomic mass is 16.1. The molecule has 2 aromatic rings. The van der Waals surface area contributed by atoms with Gasteiger partial charge in [-0.1, -0.05) is 80.8 Å². The zero-order valence-corrected chi connectivity index (χ0v) is 19.2. The third-order valence-corrected chi connectivity index (χ3v) is 6.13. The minimum absolute atomic E-state index is 0.0687. The van der Waals surface area contributed by atoms with Gasteiger partial charge in [-0.2, -0.15) is 0 Å². The number of Topliss-reactive ketones (excluding diaryl/α,β-unsaturated/α-hetero) is 1. The maximum Gasteiger partial charge on any atom is 0.161 e. The summed E-state index contributed by atoms with van der Waals surface area (Å²) in [5.41, 5.74) is 7.27. The summed E-state index contributed by atoms with van der Waals surface area (Å²) in [7, 11) is 0. The van der Waals surface area contributed by atoms with Gasteiger partial charge in [-0.05, 0) is 80.7 Å². The number of carbonyl (C=O) groups is 1. The fourth-order valence-corrected chi connectivity index (χ4v) is 4.37. The molecule has 0 aliphatic heterocycles. The Bertz CT molecular complexity index is 837. The van der Waals surface area contributed by atoms with Crippen LogP contribution >= 0.6 is 0 Å². The summed E-state index contributed by atoms with van der Waals surface area (Å²) >= 11 is 0. The Balaban J connectivity index is 2.42. The van der Waals surface area contributed by atoms with Gasteiger partial charge in [0.25, 0.3) is 0 Å². The Morgan fingerprint density at radius 2 is 1.69 bits per heavy atom. The van der Waals surface area contributed by atoms with Crippen molar-refractivity contribution in [1.82, 2.24) is 0 Å². The van der Waals surface area contributed by atoms with Crippen molar-refractivity contribution in [3.05, 3.63) is 70.8 Å². The predicted octanol–water partition coefficient (Wildman–Crippen LogP) is 7.88. The predicted molar refractivity (Wildman–Crippen MR) is 126 cm³/mol. The van der Waals surface area contributed by atoms with Gasteiger partial charge in [0, 0.05) is 5.92 Å². The number of aryl methyl sites for hydroxylation is 2. The molecule has 0 bridgehead atoms. The average Bonchev–Trinajstić information content (AvgIpc) is 2.72. The van der Waals surface area contributed by atoms with Crippen LogP contribution in [0.25, 0.3) is 11.1 Å². The van der Waals surface area contributed by atoms with Crippen LogP contribution in [-0.4, -0.2) is 5.78 Å². The van der Waals surface area contributed by atoms with Crippen LogP contribution in [0.4, 0.5) is 0 Å². The van der Waals surface area contributed by atoms with E-state index >= 15 is 0 Å². The number of ketones is 1. The van der Waals surface area contributed by atoms with Crippen molar-refractivity contribution in [3.8, 4) is 11.1 Å². The second-order valence-corrected chi connectivity index (χ2v) is 8.50. The molecule has 2 aromatic carbocycles. The fraction of sp³-hybridized carbons (Fsp3) is 0.464. The summed E-state index contributed by atoms with van der Waals surface area (Å²) in [6, 6.07) is 15.4. The molecule has 0 heterocycles. The van der Waals surface area contributed by atoms with Crippen LogP contribution in [0.3, 0.4) is 0 Å². The maximum absolute atomic E-state index is 13.3. The Kier molecular flexibility index (Phi) is 8.89. The Morgan fingerprint density at radius 3 is 2.28 bits per heavy atom. The standard InChI is InChI=1S/C28H38O/c1-7-11-24(12-8-2)27(28(29)21(5)9-3)19-23-16-15-22(6)26(18-23)25-14-10-13-20(4)17-25/h9-10,13-18,24,27H,7-8,11-12,19H2,1-6H3/b21-9+. The molecule has 29 heavy (non-hydrogen) atoms. The van der Waals surface area contributed by atoms with Gasteiger partial charge >= 0.3 is 0 Å². The van der Waals surface area contributed by atoms with E-state index < -0.39 is 0 Å². The van der Waals surface area contributed by atoms with Gasteiger partial charge < -0.3 is 0 Å². The molecule has 0 spiro atoms. The Labute approximate surface area is 178 Å². The van der Waals surface area contributed by atoms with E-state index in [9.17, 15) is 4.79 Å². The van der Waals surface area contributed by atoms with Gasteiger partial charge in [0.05, 0.1) is 0 Å². The van der Waals surface area contributed by atoms with Crippen molar-refractivity contribution in [3.63, 3.8) is 0 Å².